The Bertz CT molecular complexity index is 355. The van der Waals surface area contributed by atoms with Crippen LogP contribution in [0.1, 0.15) is 34.6 Å². The zero-order valence-electron chi connectivity index (χ0n) is 13.0. The summed E-state index contributed by atoms with van der Waals surface area (Å²) in [5.41, 5.74) is 1.28. The first-order chi connectivity index (χ1) is 9.16. The van der Waals surface area contributed by atoms with Gasteiger partial charge in [-0.3, -0.25) is 4.99 Å². The van der Waals surface area contributed by atoms with Crippen molar-refractivity contribution in [1.29, 1.82) is 0 Å². The number of aliphatic hydroxyl groups excluding tert-OH is 1. The smallest absolute Gasteiger partial charge is 0.0860 e. The molecule has 0 bridgehead atoms. The van der Waals surface area contributed by atoms with Gasteiger partial charge in [0.15, 0.2) is 0 Å². The second kappa shape index (κ2) is 9.43. The predicted octanol–water partition coefficient (Wildman–Crippen LogP) is 4.01. The number of hydrogen-bond acceptors (Lipinski definition) is 2. The van der Waals surface area contributed by atoms with Crippen LogP contribution in [0.25, 0.3) is 0 Å². The molecule has 0 aromatic carbocycles. The Balaban J connectivity index is 4.77. The molecule has 0 aliphatic carbocycles. The van der Waals surface area contributed by atoms with Gasteiger partial charge in [0.1, 0.15) is 0 Å². The molecule has 3 nitrogen and oxygen atoms in total. The van der Waals surface area contributed by atoms with Crippen molar-refractivity contribution in [3.63, 3.8) is 0 Å². The fraction of sp³-hybridized carbons (Fsp3) is 0.667. The third-order valence-corrected chi connectivity index (χ3v) is 3.13. The molecule has 0 rings (SSSR count). The maximum Gasteiger partial charge on any atom is 0.0860 e. The van der Waals surface area contributed by atoms with E-state index in [0.717, 1.165) is 5.03 Å². The zero-order valence-corrected chi connectivity index (χ0v) is 14.5. The Hall–Kier alpha value is -0.510. The minimum Gasteiger partial charge on any atom is -0.391 e. The first-order valence-electron chi connectivity index (χ1n) is 6.71. The largest absolute Gasteiger partial charge is 0.391 e. The lowest BCUT2D eigenvalue weighted by Crippen LogP contribution is -2.39. The molecule has 0 heterocycles. The fourth-order valence-corrected chi connectivity index (χ4v) is 1.54. The molecule has 0 saturated heterocycles. The Morgan fingerprint density at radius 3 is 2.45 bits per heavy atom. The summed E-state index contributed by atoms with van der Waals surface area (Å²) in [6.45, 7) is 10.9. The van der Waals surface area contributed by atoms with E-state index in [9.17, 15) is 5.11 Å². The first kappa shape index (κ1) is 19.5. The Morgan fingerprint density at radius 1 is 1.40 bits per heavy atom. The number of rotatable bonds is 7. The van der Waals surface area contributed by atoms with E-state index in [1.54, 1.807) is 12.4 Å². The van der Waals surface area contributed by atoms with Gasteiger partial charge >= 0.3 is 0 Å². The number of nitrogens with zero attached hydrogens (tertiary/aromatic N) is 2. The van der Waals surface area contributed by atoms with Gasteiger partial charge in [0.2, 0.25) is 0 Å². The molecule has 2 unspecified atom stereocenters. The van der Waals surface area contributed by atoms with E-state index in [1.807, 2.05) is 45.6 Å². The number of aliphatic hydroxyl groups is 1. The van der Waals surface area contributed by atoms with Crippen LogP contribution in [0.3, 0.4) is 0 Å². The average Bonchev–Trinajstić information content (AvgIpc) is 2.31. The summed E-state index contributed by atoms with van der Waals surface area (Å²) in [7, 11) is 0. The van der Waals surface area contributed by atoms with Crippen molar-refractivity contribution in [2.24, 2.45) is 10.4 Å². The summed E-state index contributed by atoms with van der Waals surface area (Å²) in [6, 6.07) is 0.00265. The van der Waals surface area contributed by atoms with Crippen LogP contribution in [-0.4, -0.2) is 41.6 Å². The highest BCUT2D eigenvalue weighted by Crippen LogP contribution is 2.19. The normalized spacial score (nSPS) is 16.9. The summed E-state index contributed by atoms with van der Waals surface area (Å²) in [6.07, 6.45) is 4.98. The highest BCUT2D eigenvalue weighted by atomic mass is 35.5. The van der Waals surface area contributed by atoms with Crippen LogP contribution >= 0.6 is 23.2 Å². The Kier molecular flexibility index (Phi) is 9.19. The lowest BCUT2D eigenvalue weighted by molar-refractivity contribution is 0.0470. The minimum atomic E-state index is -0.447. The molecule has 0 fully saturated rings. The third-order valence-electron chi connectivity index (χ3n) is 2.83. The maximum atomic E-state index is 10.2. The van der Waals surface area contributed by atoms with Crippen molar-refractivity contribution >= 4 is 29.5 Å². The number of allylic oxidation sites excluding steroid dienone is 1. The Labute approximate surface area is 133 Å². The molecular weight excluding hydrogens is 295 g/mol. The molecular formula is C15H26Cl2N2O. The van der Waals surface area contributed by atoms with Gasteiger partial charge < -0.3 is 10.0 Å². The molecule has 0 spiro atoms. The molecule has 5 heteroatoms. The molecule has 2 atom stereocenters. The average molecular weight is 321 g/mol. The predicted molar refractivity (Wildman–Crippen MR) is 89.6 cm³/mol. The van der Waals surface area contributed by atoms with E-state index in [4.69, 9.17) is 23.2 Å². The zero-order chi connectivity index (χ0) is 15.8. The van der Waals surface area contributed by atoms with Crippen molar-refractivity contribution in [1.82, 2.24) is 4.90 Å². The van der Waals surface area contributed by atoms with Gasteiger partial charge in [-0.25, -0.2) is 0 Å². The van der Waals surface area contributed by atoms with Crippen LogP contribution in [0, 0.1) is 5.41 Å². The molecule has 0 radical (unpaired) electrons. The van der Waals surface area contributed by atoms with E-state index in [0.29, 0.717) is 13.1 Å². The van der Waals surface area contributed by atoms with Gasteiger partial charge in [0.05, 0.1) is 18.5 Å². The number of halogens is 2. The highest BCUT2D eigenvalue weighted by Gasteiger charge is 2.23. The molecule has 0 aromatic rings. The summed E-state index contributed by atoms with van der Waals surface area (Å²) in [5, 5.41) is 10.9. The van der Waals surface area contributed by atoms with E-state index < -0.39 is 6.10 Å². The summed E-state index contributed by atoms with van der Waals surface area (Å²) in [5.74, 6) is 0. The lowest BCUT2D eigenvalue weighted by atomic mass is 9.89. The molecule has 20 heavy (non-hydrogen) atoms. The van der Waals surface area contributed by atoms with Crippen molar-refractivity contribution in [3.05, 3.63) is 22.7 Å². The van der Waals surface area contributed by atoms with E-state index in [2.05, 4.69) is 4.99 Å². The quantitative estimate of drug-likeness (QED) is 0.568. The van der Waals surface area contributed by atoms with Crippen molar-refractivity contribution in [2.45, 2.75) is 46.8 Å². The van der Waals surface area contributed by atoms with E-state index in [-0.39, 0.29) is 11.5 Å². The van der Waals surface area contributed by atoms with Crippen LogP contribution in [0.2, 0.25) is 0 Å². The van der Waals surface area contributed by atoms with Gasteiger partial charge in [0, 0.05) is 23.7 Å². The van der Waals surface area contributed by atoms with E-state index >= 15 is 0 Å². The Morgan fingerprint density at radius 2 is 2.00 bits per heavy atom. The maximum absolute atomic E-state index is 10.2. The summed E-state index contributed by atoms with van der Waals surface area (Å²) in [4.78, 5) is 6.32. The second-order valence-corrected chi connectivity index (χ2v) is 6.80. The second-order valence-electron chi connectivity index (χ2n) is 5.95. The SMILES string of the molecule is C/C(Cl)=C\CN(C=NC(C)/C=C/Cl)CC(O)C(C)(C)C. The van der Waals surface area contributed by atoms with Gasteiger partial charge in [-0.15, -0.1) is 0 Å². The molecule has 116 valence electrons. The van der Waals surface area contributed by atoms with Crippen molar-refractivity contribution < 1.29 is 5.11 Å². The standard InChI is InChI=1S/C15H26Cl2N2O/c1-12(17)7-9-19(10-14(20)15(3,4)5)11-18-13(2)6-8-16/h6-8,11,13-14,20H,9-10H2,1-5H3/b8-6+,12-7+,18-11?. The van der Waals surface area contributed by atoms with Gasteiger partial charge in [-0.1, -0.05) is 50.0 Å². The summed E-state index contributed by atoms with van der Waals surface area (Å²) < 4.78 is 0. The number of hydrogen-bond donors (Lipinski definition) is 1. The molecule has 1 N–H and O–H groups in total. The van der Waals surface area contributed by atoms with Crippen LogP contribution < -0.4 is 0 Å². The summed E-state index contributed by atoms with van der Waals surface area (Å²) >= 11 is 11.4. The fourth-order valence-electron chi connectivity index (χ4n) is 1.26. The van der Waals surface area contributed by atoms with Gasteiger partial charge in [-0.05, 0) is 25.3 Å². The van der Waals surface area contributed by atoms with Crippen molar-refractivity contribution in [3.8, 4) is 0 Å². The van der Waals surface area contributed by atoms with Gasteiger partial charge in [0.25, 0.3) is 0 Å². The van der Waals surface area contributed by atoms with Gasteiger partial charge in [-0.2, -0.15) is 0 Å². The topological polar surface area (TPSA) is 35.8 Å². The molecule has 0 aliphatic heterocycles. The van der Waals surface area contributed by atoms with Crippen LogP contribution in [0.4, 0.5) is 0 Å². The van der Waals surface area contributed by atoms with Crippen LogP contribution in [-0.2, 0) is 0 Å². The lowest BCUT2D eigenvalue weighted by Gasteiger charge is -2.30. The minimum absolute atomic E-state index is 0.00265. The molecule has 0 aliphatic rings. The molecule has 0 amide bonds. The monoisotopic (exact) mass is 320 g/mol. The van der Waals surface area contributed by atoms with Crippen LogP contribution in [0.15, 0.2) is 27.7 Å². The van der Waals surface area contributed by atoms with E-state index in [1.165, 1.54) is 5.54 Å². The first-order valence-corrected chi connectivity index (χ1v) is 7.52. The third kappa shape index (κ3) is 9.40. The highest BCUT2D eigenvalue weighted by molar-refractivity contribution is 6.29. The molecule has 0 aromatic heterocycles. The molecule has 0 saturated carbocycles. The number of aliphatic imine (C=N–C) groups is 1. The van der Waals surface area contributed by atoms with Crippen molar-refractivity contribution in [2.75, 3.05) is 13.1 Å². The van der Waals surface area contributed by atoms with Crippen LogP contribution in [0.5, 0.6) is 0 Å².